The summed E-state index contributed by atoms with van der Waals surface area (Å²) in [4.78, 5) is 12.1. The molecule has 0 spiro atoms. The van der Waals surface area contributed by atoms with Crippen LogP contribution >= 0.6 is 0 Å². The van der Waals surface area contributed by atoms with Gasteiger partial charge in [0.2, 0.25) is 5.91 Å². The van der Waals surface area contributed by atoms with E-state index in [2.05, 4.69) is 10.6 Å². The Morgan fingerprint density at radius 1 is 1.44 bits per heavy atom. The van der Waals surface area contributed by atoms with Crippen molar-refractivity contribution in [2.24, 2.45) is 5.92 Å². The Kier molecular flexibility index (Phi) is 4.73. The number of carbonyl (C=O) groups is 1. The Labute approximate surface area is 107 Å². The Bertz CT molecular complexity index is 375. The van der Waals surface area contributed by atoms with Gasteiger partial charge in [-0.25, -0.2) is 0 Å². The minimum absolute atomic E-state index is 0.0245. The first-order valence-corrected chi connectivity index (χ1v) is 6.48. The van der Waals surface area contributed by atoms with Crippen LogP contribution in [0.15, 0.2) is 30.3 Å². The van der Waals surface area contributed by atoms with Gasteiger partial charge < -0.3 is 15.7 Å². The van der Waals surface area contributed by atoms with Crippen LogP contribution in [0, 0.1) is 5.92 Å². The third-order valence-electron chi connectivity index (χ3n) is 3.37. The molecule has 2 rings (SSSR count). The maximum atomic E-state index is 12.1. The Hall–Kier alpha value is -1.39. The number of aliphatic hydroxyl groups is 1. The normalized spacial score (nSPS) is 21.3. The number of nitrogens with one attached hydrogen (secondary N) is 2. The molecular formula is C14H20N2O2. The average Bonchev–Trinajstić information content (AvgIpc) is 2.46. The molecule has 18 heavy (non-hydrogen) atoms. The number of rotatable bonds is 4. The van der Waals surface area contributed by atoms with Crippen molar-refractivity contribution in [1.29, 1.82) is 0 Å². The van der Waals surface area contributed by atoms with Gasteiger partial charge in [-0.3, -0.25) is 4.79 Å². The first kappa shape index (κ1) is 13.1. The second kappa shape index (κ2) is 6.52. The first-order valence-electron chi connectivity index (χ1n) is 6.48. The van der Waals surface area contributed by atoms with Crippen molar-refractivity contribution in [1.82, 2.24) is 10.6 Å². The van der Waals surface area contributed by atoms with Crippen LogP contribution < -0.4 is 10.6 Å². The molecular weight excluding hydrogens is 228 g/mol. The van der Waals surface area contributed by atoms with E-state index >= 15 is 0 Å². The second-order valence-corrected chi connectivity index (χ2v) is 4.70. The fourth-order valence-corrected chi connectivity index (χ4v) is 2.28. The highest BCUT2D eigenvalue weighted by atomic mass is 16.3. The van der Waals surface area contributed by atoms with E-state index < -0.39 is 0 Å². The molecule has 1 amide bonds. The Balaban J connectivity index is 1.95. The van der Waals surface area contributed by atoms with Crippen LogP contribution in [0.5, 0.6) is 0 Å². The van der Waals surface area contributed by atoms with Crippen molar-refractivity contribution >= 4 is 5.91 Å². The van der Waals surface area contributed by atoms with E-state index in [-0.39, 0.29) is 24.5 Å². The van der Waals surface area contributed by atoms with Gasteiger partial charge in [0, 0.05) is 6.54 Å². The summed E-state index contributed by atoms with van der Waals surface area (Å²) in [6, 6.07) is 9.27. The number of piperidine rings is 1. The van der Waals surface area contributed by atoms with Gasteiger partial charge in [-0.15, -0.1) is 0 Å². The number of hydrogen-bond donors (Lipinski definition) is 3. The minimum atomic E-state index is -0.305. The summed E-state index contributed by atoms with van der Waals surface area (Å²) >= 11 is 0. The standard InChI is InChI=1S/C14H20N2O2/c17-10-13(11-5-2-1-3-6-11)16-14(18)12-7-4-8-15-9-12/h1-3,5-6,12-13,15,17H,4,7-10H2,(H,16,18)/t12-,13?/m1/s1. The lowest BCUT2D eigenvalue weighted by atomic mass is 9.98. The average molecular weight is 248 g/mol. The van der Waals surface area contributed by atoms with Gasteiger partial charge in [-0.05, 0) is 24.9 Å². The maximum Gasteiger partial charge on any atom is 0.224 e. The molecule has 1 aromatic carbocycles. The zero-order chi connectivity index (χ0) is 12.8. The molecule has 4 nitrogen and oxygen atoms in total. The van der Waals surface area contributed by atoms with Crippen molar-refractivity contribution in [3.8, 4) is 0 Å². The molecule has 2 atom stereocenters. The summed E-state index contributed by atoms with van der Waals surface area (Å²) in [5.41, 5.74) is 0.942. The molecule has 1 unspecified atom stereocenters. The van der Waals surface area contributed by atoms with E-state index in [9.17, 15) is 9.90 Å². The molecule has 0 aliphatic carbocycles. The van der Waals surface area contributed by atoms with Crippen LogP contribution in [-0.2, 0) is 4.79 Å². The quantitative estimate of drug-likeness (QED) is 0.740. The van der Waals surface area contributed by atoms with Crippen LogP contribution in [0.2, 0.25) is 0 Å². The lowest BCUT2D eigenvalue weighted by Gasteiger charge is -2.25. The fourth-order valence-electron chi connectivity index (χ4n) is 2.28. The topological polar surface area (TPSA) is 61.4 Å². The lowest BCUT2D eigenvalue weighted by Crippen LogP contribution is -2.42. The van der Waals surface area contributed by atoms with Crippen molar-refractivity contribution in [2.45, 2.75) is 18.9 Å². The number of amides is 1. The van der Waals surface area contributed by atoms with Gasteiger partial charge in [0.1, 0.15) is 0 Å². The van der Waals surface area contributed by atoms with Crippen LogP contribution in [0.4, 0.5) is 0 Å². The molecule has 0 bridgehead atoms. The summed E-state index contributed by atoms with van der Waals surface area (Å²) in [5, 5.41) is 15.5. The maximum absolute atomic E-state index is 12.1. The SMILES string of the molecule is O=C(NC(CO)c1ccccc1)[C@@H]1CCCNC1. The van der Waals surface area contributed by atoms with Crippen molar-refractivity contribution in [3.63, 3.8) is 0 Å². The van der Waals surface area contributed by atoms with Crippen molar-refractivity contribution < 1.29 is 9.90 Å². The van der Waals surface area contributed by atoms with E-state index in [1.165, 1.54) is 0 Å². The zero-order valence-corrected chi connectivity index (χ0v) is 10.4. The number of aliphatic hydroxyl groups excluding tert-OH is 1. The van der Waals surface area contributed by atoms with Gasteiger partial charge in [0.05, 0.1) is 18.6 Å². The van der Waals surface area contributed by atoms with Gasteiger partial charge in [0.25, 0.3) is 0 Å². The summed E-state index contributed by atoms with van der Waals surface area (Å²) in [6.07, 6.45) is 1.96. The van der Waals surface area contributed by atoms with Gasteiger partial charge in [-0.2, -0.15) is 0 Å². The van der Waals surface area contributed by atoms with Gasteiger partial charge in [-0.1, -0.05) is 30.3 Å². The highest BCUT2D eigenvalue weighted by Gasteiger charge is 2.23. The molecule has 1 aliphatic rings. The molecule has 4 heteroatoms. The van der Waals surface area contributed by atoms with Crippen LogP contribution in [-0.4, -0.2) is 30.7 Å². The molecule has 1 heterocycles. The van der Waals surface area contributed by atoms with Crippen molar-refractivity contribution in [3.05, 3.63) is 35.9 Å². The first-order chi connectivity index (χ1) is 8.81. The molecule has 1 aliphatic heterocycles. The smallest absolute Gasteiger partial charge is 0.224 e. The number of benzene rings is 1. The summed E-state index contributed by atoms with van der Waals surface area (Å²) < 4.78 is 0. The third-order valence-corrected chi connectivity index (χ3v) is 3.37. The highest BCUT2D eigenvalue weighted by Crippen LogP contribution is 2.15. The van der Waals surface area contributed by atoms with Crippen LogP contribution in [0.1, 0.15) is 24.4 Å². The lowest BCUT2D eigenvalue weighted by molar-refractivity contribution is -0.126. The molecule has 98 valence electrons. The van der Waals surface area contributed by atoms with Crippen LogP contribution in [0.3, 0.4) is 0 Å². The van der Waals surface area contributed by atoms with Crippen molar-refractivity contribution in [2.75, 3.05) is 19.7 Å². The van der Waals surface area contributed by atoms with E-state index in [4.69, 9.17) is 0 Å². The highest BCUT2D eigenvalue weighted by molar-refractivity contribution is 5.79. The molecule has 1 aromatic rings. The van der Waals surface area contributed by atoms with Gasteiger partial charge in [0.15, 0.2) is 0 Å². The Morgan fingerprint density at radius 2 is 2.22 bits per heavy atom. The monoisotopic (exact) mass is 248 g/mol. The number of carbonyl (C=O) groups excluding carboxylic acids is 1. The predicted octanol–water partition coefficient (Wildman–Crippen LogP) is 0.836. The van der Waals surface area contributed by atoms with Crippen LogP contribution in [0.25, 0.3) is 0 Å². The third kappa shape index (κ3) is 3.31. The number of hydrogen-bond acceptors (Lipinski definition) is 3. The summed E-state index contributed by atoms with van der Waals surface area (Å²) in [6.45, 7) is 1.65. The summed E-state index contributed by atoms with van der Waals surface area (Å²) in [7, 11) is 0. The minimum Gasteiger partial charge on any atom is -0.394 e. The van der Waals surface area contributed by atoms with Gasteiger partial charge >= 0.3 is 0 Å². The fraction of sp³-hybridized carbons (Fsp3) is 0.500. The molecule has 1 saturated heterocycles. The zero-order valence-electron chi connectivity index (χ0n) is 10.4. The molecule has 0 radical (unpaired) electrons. The molecule has 0 saturated carbocycles. The Morgan fingerprint density at radius 3 is 2.83 bits per heavy atom. The van der Waals surface area contributed by atoms with E-state index in [0.717, 1.165) is 31.5 Å². The molecule has 1 fully saturated rings. The predicted molar refractivity (Wildman–Crippen MR) is 70.0 cm³/mol. The molecule has 3 N–H and O–H groups in total. The largest absolute Gasteiger partial charge is 0.394 e. The van der Waals surface area contributed by atoms with E-state index in [1.54, 1.807) is 0 Å². The second-order valence-electron chi connectivity index (χ2n) is 4.70. The van der Waals surface area contributed by atoms with E-state index in [0.29, 0.717) is 0 Å². The molecule has 0 aromatic heterocycles. The van der Waals surface area contributed by atoms with E-state index in [1.807, 2.05) is 30.3 Å². The summed E-state index contributed by atoms with van der Waals surface area (Å²) in [5.74, 6) is 0.0571.